The lowest BCUT2D eigenvalue weighted by Crippen LogP contribution is -2.58. The fraction of sp³-hybridized carbons (Fsp3) is 0.909. The molecule has 0 radical (unpaired) electrons. The topological polar surface area (TPSA) is 72.8 Å². The summed E-state index contributed by atoms with van der Waals surface area (Å²) in [5.74, 6) is -0.0420. The van der Waals surface area contributed by atoms with Crippen LogP contribution in [0.5, 0.6) is 0 Å². The standard InChI is InChI=1S/C13H20N2O4.C9H17NO/c1-17-12(16)11-9-10-3-2-4-13(10,19-14-11)15-5-7-18-8-6-15;1-2-4-9(3-1)10-5-7-11-8-6-10/h10H,2-9H2,1H3;9H,1-8H2. The molecular weight excluding hydrogens is 386 g/mol. The Morgan fingerprint density at radius 2 is 1.67 bits per heavy atom. The summed E-state index contributed by atoms with van der Waals surface area (Å²) < 4.78 is 15.5. The molecule has 0 amide bonds. The van der Waals surface area contributed by atoms with Gasteiger partial charge in [0.05, 0.1) is 33.5 Å². The number of ether oxygens (including phenoxy) is 3. The molecule has 0 N–H and O–H groups in total. The van der Waals surface area contributed by atoms with Crippen LogP contribution in [-0.4, -0.2) is 93.0 Å². The van der Waals surface area contributed by atoms with Crippen molar-refractivity contribution in [3.63, 3.8) is 0 Å². The zero-order chi connectivity index (χ0) is 20.8. The van der Waals surface area contributed by atoms with Gasteiger partial charge in [-0.25, -0.2) is 4.79 Å². The van der Waals surface area contributed by atoms with Crippen LogP contribution >= 0.6 is 0 Å². The van der Waals surface area contributed by atoms with Crippen LogP contribution in [0.4, 0.5) is 0 Å². The van der Waals surface area contributed by atoms with E-state index in [-0.39, 0.29) is 11.7 Å². The molecule has 3 aliphatic heterocycles. The van der Waals surface area contributed by atoms with Gasteiger partial charge in [-0.3, -0.25) is 9.80 Å². The summed E-state index contributed by atoms with van der Waals surface area (Å²) in [6.45, 7) is 7.48. The van der Waals surface area contributed by atoms with Gasteiger partial charge in [0.2, 0.25) is 0 Å². The molecule has 2 aliphatic carbocycles. The molecule has 2 atom stereocenters. The molecule has 8 nitrogen and oxygen atoms in total. The summed E-state index contributed by atoms with van der Waals surface area (Å²) in [5, 5.41) is 4.05. The van der Waals surface area contributed by atoms with Gasteiger partial charge in [0.1, 0.15) is 0 Å². The summed E-state index contributed by atoms with van der Waals surface area (Å²) in [6, 6.07) is 0.902. The van der Waals surface area contributed by atoms with Crippen LogP contribution in [-0.2, 0) is 23.8 Å². The van der Waals surface area contributed by atoms with E-state index >= 15 is 0 Å². The quantitative estimate of drug-likeness (QED) is 0.643. The maximum atomic E-state index is 11.6. The molecule has 4 fully saturated rings. The fourth-order valence-corrected chi connectivity index (χ4v) is 5.68. The third-order valence-electron chi connectivity index (χ3n) is 7.33. The first-order valence-corrected chi connectivity index (χ1v) is 11.7. The van der Waals surface area contributed by atoms with Crippen molar-refractivity contribution in [1.82, 2.24) is 9.80 Å². The van der Waals surface area contributed by atoms with Crippen LogP contribution in [0.3, 0.4) is 0 Å². The van der Waals surface area contributed by atoms with E-state index < -0.39 is 0 Å². The number of hydrogen-bond donors (Lipinski definition) is 0. The van der Waals surface area contributed by atoms with Crippen molar-refractivity contribution >= 4 is 11.7 Å². The highest BCUT2D eigenvalue weighted by atomic mass is 16.7. The number of morpholine rings is 2. The molecule has 0 aromatic heterocycles. The predicted molar refractivity (Wildman–Crippen MR) is 112 cm³/mol. The minimum Gasteiger partial charge on any atom is -0.464 e. The number of esters is 1. The predicted octanol–water partition coefficient (Wildman–Crippen LogP) is 2.03. The van der Waals surface area contributed by atoms with Gasteiger partial charge in [-0.05, 0) is 25.7 Å². The zero-order valence-corrected chi connectivity index (χ0v) is 18.4. The summed E-state index contributed by atoms with van der Waals surface area (Å²) >= 11 is 0. The highest BCUT2D eigenvalue weighted by Crippen LogP contribution is 2.46. The minimum absolute atomic E-state index is 0.318. The van der Waals surface area contributed by atoms with Crippen LogP contribution in [0, 0.1) is 5.92 Å². The second kappa shape index (κ2) is 10.4. The lowest BCUT2D eigenvalue weighted by atomic mass is 9.90. The van der Waals surface area contributed by atoms with E-state index in [2.05, 4.69) is 15.0 Å². The SMILES string of the molecule is C1CCC(N2CCOCC2)C1.COC(=O)C1=NOC2(N3CCOCC3)CCCC2C1. The maximum Gasteiger partial charge on any atom is 0.355 e. The lowest BCUT2D eigenvalue weighted by molar-refractivity contribution is -0.204. The molecule has 0 spiro atoms. The number of hydrogen-bond acceptors (Lipinski definition) is 8. The van der Waals surface area contributed by atoms with Crippen molar-refractivity contribution in [2.45, 2.75) is 63.1 Å². The van der Waals surface area contributed by atoms with Crippen molar-refractivity contribution in [2.24, 2.45) is 11.1 Å². The van der Waals surface area contributed by atoms with Crippen LogP contribution < -0.4 is 0 Å². The van der Waals surface area contributed by atoms with Gasteiger partial charge < -0.3 is 19.0 Å². The molecule has 0 bridgehead atoms. The Morgan fingerprint density at radius 3 is 2.33 bits per heavy atom. The molecule has 2 unspecified atom stereocenters. The van der Waals surface area contributed by atoms with Crippen molar-refractivity contribution in [2.75, 3.05) is 59.7 Å². The Morgan fingerprint density at radius 1 is 1.00 bits per heavy atom. The number of rotatable bonds is 3. The van der Waals surface area contributed by atoms with Gasteiger partial charge in [0.15, 0.2) is 11.4 Å². The van der Waals surface area contributed by atoms with Crippen molar-refractivity contribution in [3.05, 3.63) is 0 Å². The van der Waals surface area contributed by atoms with Crippen molar-refractivity contribution in [1.29, 1.82) is 0 Å². The van der Waals surface area contributed by atoms with Crippen LogP contribution in [0.25, 0.3) is 0 Å². The molecule has 0 aromatic carbocycles. The van der Waals surface area contributed by atoms with Crippen LogP contribution in [0.2, 0.25) is 0 Å². The zero-order valence-electron chi connectivity index (χ0n) is 18.4. The highest BCUT2D eigenvalue weighted by Gasteiger charge is 2.53. The van der Waals surface area contributed by atoms with E-state index in [0.29, 0.717) is 18.1 Å². The molecule has 8 heteroatoms. The van der Waals surface area contributed by atoms with Crippen LogP contribution in [0.1, 0.15) is 51.4 Å². The Kier molecular flexibility index (Phi) is 7.62. The minimum atomic E-state index is -0.373. The smallest absolute Gasteiger partial charge is 0.355 e. The molecule has 30 heavy (non-hydrogen) atoms. The van der Waals surface area contributed by atoms with Gasteiger partial charge in [-0.1, -0.05) is 18.0 Å². The Balaban J connectivity index is 0.000000168. The third-order valence-corrected chi connectivity index (χ3v) is 7.33. The Hall–Kier alpha value is -1.22. The Labute approximate surface area is 179 Å². The molecule has 5 aliphatic rings. The summed E-state index contributed by atoms with van der Waals surface area (Å²) in [7, 11) is 1.38. The second-order valence-corrected chi connectivity index (χ2v) is 8.94. The van der Waals surface area contributed by atoms with Gasteiger partial charge in [0, 0.05) is 51.0 Å². The van der Waals surface area contributed by atoms with Crippen molar-refractivity contribution in [3.8, 4) is 0 Å². The molecule has 0 aromatic rings. The molecule has 170 valence electrons. The molecule has 5 rings (SSSR count). The van der Waals surface area contributed by atoms with Crippen molar-refractivity contribution < 1.29 is 23.8 Å². The monoisotopic (exact) mass is 423 g/mol. The summed E-state index contributed by atoms with van der Waals surface area (Å²) in [6.07, 6.45) is 9.59. The normalized spacial score (nSPS) is 33.1. The van der Waals surface area contributed by atoms with Crippen LogP contribution in [0.15, 0.2) is 5.16 Å². The van der Waals surface area contributed by atoms with Gasteiger partial charge in [0.25, 0.3) is 0 Å². The van der Waals surface area contributed by atoms with E-state index in [1.807, 2.05) is 0 Å². The largest absolute Gasteiger partial charge is 0.464 e. The molecule has 2 saturated heterocycles. The first-order valence-electron chi connectivity index (χ1n) is 11.7. The van der Waals surface area contributed by atoms with Gasteiger partial charge in [-0.15, -0.1) is 0 Å². The first kappa shape index (κ1) is 22.0. The average Bonchev–Trinajstić information content (AvgIpc) is 3.50. The van der Waals surface area contributed by atoms with E-state index in [1.165, 1.54) is 45.9 Å². The highest BCUT2D eigenvalue weighted by molar-refractivity contribution is 6.36. The Bertz CT molecular complexity index is 598. The third kappa shape index (κ3) is 4.82. The molecule has 2 saturated carbocycles. The van der Waals surface area contributed by atoms with E-state index in [4.69, 9.17) is 19.0 Å². The van der Waals surface area contributed by atoms with E-state index in [0.717, 1.165) is 64.8 Å². The number of nitrogens with zero attached hydrogens (tertiary/aromatic N) is 3. The summed E-state index contributed by atoms with van der Waals surface area (Å²) in [4.78, 5) is 22.3. The lowest BCUT2D eigenvalue weighted by Gasteiger charge is -2.46. The van der Waals surface area contributed by atoms with Gasteiger partial charge >= 0.3 is 5.97 Å². The van der Waals surface area contributed by atoms with E-state index in [1.54, 1.807) is 0 Å². The molecular formula is C22H37N3O5. The van der Waals surface area contributed by atoms with Gasteiger partial charge in [-0.2, -0.15) is 0 Å². The number of carbonyl (C=O) groups is 1. The first-order chi connectivity index (χ1) is 14.7. The average molecular weight is 424 g/mol. The van der Waals surface area contributed by atoms with E-state index in [9.17, 15) is 4.79 Å². The maximum absolute atomic E-state index is 11.6. The number of fused-ring (bicyclic) bond motifs is 1. The number of oxime groups is 1. The molecule has 3 heterocycles. The number of methoxy groups -OCH3 is 1. The summed E-state index contributed by atoms with van der Waals surface area (Å²) in [5.41, 5.74) is 0.0969. The fourth-order valence-electron chi connectivity index (χ4n) is 5.68. The second-order valence-electron chi connectivity index (χ2n) is 8.94. The number of carbonyl (C=O) groups excluding carboxylic acids is 1.